The molecule has 4 rings (SSSR count). The van der Waals surface area contributed by atoms with Crippen molar-refractivity contribution in [3.8, 4) is 0 Å². The molecule has 0 amide bonds. The molecule has 3 saturated carbocycles. The lowest BCUT2D eigenvalue weighted by atomic mass is 9.44. The van der Waals surface area contributed by atoms with Gasteiger partial charge in [0.1, 0.15) is 11.4 Å². The molecule has 0 bridgehead atoms. The van der Waals surface area contributed by atoms with Crippen molar-refractivity contribution >= 4 is 28.4 Å². The SMILES string of the molecule is CC(=O)C[C@]1(C)[C@H]2CC[C@]3(C)[C@@H](O[Si](C)(C)C(C)(C)C)CC[C@H]3[C@@H]2C[C@@H](O[Si](C)(C)C(C)(C)C)[C@@]12CCC(=O)O2. The largest absolute Gasteiger partial charge is 0.456 e. The Bertz CT molecular complexity index is 1010. The molecule has 1 heterocycles. The van der Waals surface area contributed by atoms with Crippen LogP contribution in [0.1, 0.15) is 114 Å². The van der Waals surface area contributed by atoms with E-state index in [-0.39, 0.29) is 33.3 Å². The lowest BCUT2D eigenvalue weighted by Gasteiger charge is -2.64. The summed E-state index contributed by atoms with van der Waals surface area (Å²) < 4.78 is 21.0. The zero-order chi connectivity index (χ0) is 30.3. The fourth-order valence-corrected chi connectivity index (χ4v) is 11.7. The van der Waals surface area contributed by atoms with Crippen LogP contribution >= 0.6 is 0 Å². The number of Topliss-reactive ketones (excluding diaryl/α,β-unsaturated/α-hetero) is 1. The van der Waals surface area contributed by atoms with Crippen LogP contribution in [-0.2, 0) is 23.2 Å². The highest BCUT2D eigenvalue weighted by Crippen LogP contribution is 2.69. The highest BCUT2D eigenvalue weighted by Gasteiger charge is 2.71. The van der Waals surface area contributed by atoms with Crippen molar-refractivity contribution in [1.29, 1.82) is 0 Å². The zero-order valence-electron chi connectivity index (χ0n) is 28.1. The summed E-state index contributed by atoms with van der Waals surface area (Å²) in [5.41, 5.74) is -1.03. The Hall–Kier alpha value is -0.506. The molecule has 0 N–H and O–H groups in total. The van der Waals surface area contributed by atoms with Gasteiger partial charge in [-0.25, -0.2) is 0 Å². The quantitative estimate of drug-likeness (QED) is 0.228. The number of esters is 1. The third kappa shape index (κ3) is 5.04. The molecule has 0 unspecified atom stereocenters. The van der Waals surface area contributed by atoms with Crippen LogP contribution in [0.15, 0.2) is 0 Å². The molecule has 1 aliphatic heterocycles. The summed E-state index contributed by atoms with van der Waals surface area (Å²) >= 11 is 0. The average Bonchev–Trinajstić information content (AvgIpc) is 3.31. The maximum absolute atomic E-state index is 13.0. The Morgan fingerprint density at radius 1 is 0.875 bits per heavy atom. The lowest BCUT2D eigenvalue weighted by molar-refractivity contribution is -0.237. The molecule has 40 heavy (non-hydrogen) atoms. The first-order valence-electron chi connectivity index (χ1n) is 16.1. The van der Waals surface area contributed by atoms with Crippen molar-refractivity contribution in [1.82, 2.24) is 0 Å². The number of ether oxygens (including phenoxy) is 1. The highest BCUT2D eigenvalue weighted by atomic mass is 28.4. The van der Waals surface area contributed by atoms with Gasteiger partial charge in [0.2, 0.25) is 0 Å². The Kier molecular flexibility index (Phi) is 8.12. The fraction of sp³-hybridized carbons (Fsp3) is 0.939. The third-order valence-corrected chi connectivity index (χ3v) is 22.2. The molecule has 1 saturated heterocycles. The number of hydrogen-bond donors (Lipinski definition) is 0. The predicted octanol–water partition coefficient (Wildman–Crippen LogP) is 8.67. The molecular formula is C33H60O5Si2. The van der Waals surface area contributed by atoms with Gasteiger partial charge in [0.05, 0.1) is 12.2 Å². The Morgan fingerprint density at radius 3 is 1.90 bits per heavy atom. The second-order valence-corrected chi connectivity index (χ2v) is 27.1. The number of hydrogen-bond acceptors (Lipinski definition) is 5. The van der Waals surface area contributed by atoms with Crippen molar-refractivity contribution in [2.24, 2.45) is 28.6 Å². The van der Waals surface area contributed by atoms with Crippen LogP contribution in [0, 0.1) is 28.6 Å². The maximum Gasteiger partial charge on any atom is 0.306 e. The number of ketones is 1. The normalized spacial score (nSPS) is 40.6. The van der Waals surface area contributed by atoms with E-state index in [0.717, 1.165) is 25.7 Å². The summed E-state index contributed by atoms with van der Waals surface area (Å²) in [5.74, 6) is 1.38. The van der Waals surface area contributed by atoms with Gasteiger partial charge < -0.3 is 18.4 Å². The van der Waals surface area contributed by atoms with E-state index < -0.39 is 27.7 Å². The van der Waals surface area contributed by atoms with Crippen LogP contribution in [0.5, 0.6) is 0 Å². The topological polar surface area (TPSA) is 61.8 Å². The van der Waals surface area contributed by atoms with Gasteiger partial charge in [0.15, 0.2) is 16.6 Å². The number of carbonyl (C=O) groups excluding carboxylic acids is 2. The van der Waals surface area contributed by atoms with E-state index in [0.29, 0.717) is 43.1 Å². The summed E-state index contributed by atoms with van der Waals surface area (Å²) in [4.78, 5) is 25.9. The number of fused-ring (bicyclic) bond motifs is 3. The van der Waals surface area contributed by atoms with Crippen LogP contribution in [0.2, 0.25) is 36.3 Å². The van der Waals surface area contributed by atoms with Gasteiger partial charge in [-0.3, -0.25) is 4.79 Å². The molecule has 5 nitrogen and oxygen atoms in total. The van der Waals surface area contributed by atoms with E-state index >= 15 is 0 Å². The molecule has 4 aliphatic rings. The van der Waals surface area contributed by atoms with Gasteiger partial charge in [-0.15, -0.1) is 0 Å². The molecule has 8 atom stereocenters. The summed E-state index contributed by atoms with van der Waals surface area (Å²) in [6.07, 6.45) is 7.04. The standard InChI is InChI=1S/C33H60O5Si2/c1-22(34)21-32(9)25-16-18-31(8)24(14-15-26(31)37-39(10,11)29(2,3)4)23(25)20-27(33(32)19-17-28(35)36-33)38-40(12,13)30(5,6)7/h23-27H,14-21H2,1-13H3/t23-,24-,25-,26-,27+,31-,32+,33-/m0/s1. The van der Waals surface area contributed by atoms with Crippen molar-refractivity contribution in [2.75, 3.05) is 0 Å². The van der Waals surface area contributed by atoms with E-state index in [1.165, 1.54) is 6.42 Å². The summed E-state index contributed by atoms with van der Waals surface area (Å²) in [7, 11) is -4.09. The summed E-state index contributed by atoms with van der Waals surface area (Å²) in [5, 5.41) is 0.228. The van der Waals surface area contributed by atoms with Crippen molar-refractivity contribution in [3.63, 3.8) is 0 Å². The Balaban J connectivity index is 1.77. The molecule has 0 aromatic rings. The minimum atomic E-state index is -2.18. The van der Waals surface area contributed by atoms with Gasteiger partial charge in [0.25, 0.3) is 0 Å². The van der Waals surface area contributed by atoms with Gasteiger partial charge in [-0.1, -0.05) is 55.4 Å². The lowest BCUT2D eigenvalue weighted by Crippen LogP contribution is -2.68. The third-order valence-electron chi connectivity index (χ3n) is 13.2. The van der Waals surface area contributed by atoms with Gasteiger partial charge in [-0.2, -0.15) is 0 Å². The van der Waals surface area contributed by atoms with E-state index in [1.54, 1.807) is 6.92 Å². The molecule has 3 aliphatic carbocycles. The highest BCUT2D eigenvalue weighted by molar-refractivity contribution is 6.74. The van der Waals surface area contributed by atoms with E-state index in [2.05, 4.69) is 81.6 Å². The van der Waals surface area contributed by atoms with Crippen LogP contribution in [0.25, 0.3) is 0 Å². The van der Waals surface area contributed by atoms with Crippen LogP contribution in [0.4, 0.5) is 0 Å². The molecule has 0 radical (unpaired) electrons. The van der Waals surface area contributed by atoms with Gasteiger partial charge in [0, 0.05) is 24.7 Å². The second kappa shape index (κ2) is 10.0. The van der Waals surface area contributed by atoms with Crippen molar-refractivity contribution in [2.45, 2.75) is 168 Å². The average molecular weight is 593 g/mol. The van der Waals surface area contributed by atoms with Crippen LogP contribution in [0.3, 0.4) is 0 Å². The van der Waals surface area contributed by atoms with Crippen molar-refractivity contribution < 1.29 is 23.2 Å². The summed E-state index contributed by atoms with van der Waals surface area (Å²) in [6.45, 7) is 29.8. The molecule has 1 spiro atoms. The zero-order valence-corrected chi connectivity index (χ0v) is 30.1. The fourth-order valence-electron chi connectivity index (χ4n) is 8.90. The molecule has 0 aromatic heterocycles. The minimum absolute atomic E-state index is 0.0428. The minimum Gasteiger partial charge on any atom is -0.456 e. The molecule has 230 valence electrons. The smallest absolute Gasteiger partial charge is 0.306 e. The Morgan fingerprint density at radius 2 is 1.43 bits per heavy atom. The van der Waals surface area contributed by atoms with Crippen LogP contribution in [-0.4, -0.2) is 46.2 Å². The van der Waals surface area contributed by atoms with E-state index in [9.17, 15) is 9.59 Å². The van der Waals surface area contributed by atoms with Crippen LogP contribution < -0.4 is 0 Å². The first kappa shape index (κ1) is 32.4. The number of carbonyl (C=O) groups is 2. The second-order valence-electron chi connectivity index (χ2n) is 17.6. The summed E-state index contributed by atoms with van der Waals surface area (Å²) in [6, 6.07) is 0. The predicted molar refractivity (Wildman–Crippen MR) is 167 cm³/mol. The number of rotatable bonds is 6. The van der Waals surface area contributed by atoms with Crippen molar-refractivity contribution in [3.05, 3.63) is 0 Å². The molecule has 7 heteroatoms. The van der Waals surface area contributed by atoms with E-state index in [4.69, 9.17) is 13.6 Å². The molecule has 0 aromatic carbocycles. The van der Waals surface area contributed by atoms with Gasteiger partial charge in [-0.05, 0) is 98.5 Å². The van der Waals surface area contributed by atoms with E-state index in [1.807, 2.05) is 0 Å². The Labute approximate surface area is 247 Å². The monoisotopic (exact) mass is 592 g/mol. The maximum atomic E-state index is 13.0. The first-order valence-corrected chi connectivity index (χ1v) is 21.9. The molecular weight excluding hydrogens is 533 g/mol. The molecule has 4 fully saturated rings. The van der Waals surface area contributed by atoms with Gasteiger partial charge >= 0.3 is 5.97 Å². The first-order chi connectivity index (χ1) is 18.0.